The second-order valence-electron chi connectivity index (χ2n) is 5.46. The van der Waals surface area contributed by atoms with Gasteiger partial charge in [-0.1, -0.05) is 30.3 Å². The largest absolute Gasteiger partial charge is 0.387 e. The molecular formula is C18H17FN6. The van der Waals surface area contributed by atoms with E-state index in [2.05, 4.69) is 19.9 Å². The molecule has 0 atom stereocenters. The zero-order chi connectivity index (χ0) is 17.8. The molecular weight excluding hydrogens is 319 g/mol. The van der Waals surface area contributed by atoms with Crippen molar-refractivity contribution in [2.45, 2.75) is 13.3 Å². The van der Waals surface area contributed by atoms with E-state index in [0.717, 1.165) is 11.1 Å². The van der Waals surface area contributed by atoms with Crippen LogP contribution in [0.1, 0.15) is 11.3 Å². The van der Waals surface area contributed by atoms with E-state index in [1.165, 1.54) is 18.3 Å². The van der Waals surface area contributed by atoms with Gasteiger partial charge < -0.3 is 11.5 Å². The van der Waals surface area contributed by atoms with Crippen LogP contribution in [0, 0.1) is 12.7 Å². The predicted molar refractivity (Wildman–Crippen MR) is 95.8 cm³/mol. The highest BCUT2D eigenvalue weighted by molar-refractivity contribution is 5.85. The van der Waals surface area contributed by atoms with Gasteiger partial charge in [-0.3, -0.25) is 4.98 Å². The number of hydrogen-bond acceptors (Lipinski definition) is 5. The lowest BCUT2D eigenvalue weighted by Crippen LogP contribution is -2.16. The quantitative estimate of drug-likeness (QED) is 0.563. The summed E-state index contributed by atoms with van der Waals surface area (Å²) >= 11 is 0. The molecule has 6 nitrogen and oxygen atoms in total. The summed E-state index contributed by atoms with van der Waals surface area (Å²) in [6.07, 6.45) is 1.59. The van der Waals surface area contributed by atoms with Crippen LogP contribution in [0.15, 0.2) is 53.7 Å². The number of hydrogen-bond donors (Lipinski definition) is 2. The van der Waals surface area contributed by atoms with E-state index in [-0.39, 0.29) is 23.9 Å². The SMILES string of the molecule is Cc1c(N=C(N)Cc2ncccc2F)nc(N)nc1-c1ccccc1. The lowest BCUT2D eigenvalue weighted by molar-refractivity contribution is 0.606. The first-order valence-corrected chi connectivity index (χ1v) is 7.66. The van der Waals surface area contributed by atoms with Gasteiger partial charge >= 0.3 is 0 Å². The van der Waals surface area contributed by atoms with Crippen molar-refractivity contribution >= 4 is 17.6 Å². The molecule has 0 spiro atoms. The number of nitrogen functional groups attached to an aromatic ring is 1. The highest BCUT2D eigenvalue weighted by atomic mass is 19.1. The number of anilines is 1. The number of pyridine rings is 1. The molecule has 2 heterocycles. The molecule has 0 unspecified atom stereocenters. The molecule has 126 valence electrons. The minimum absolute atomic E-state index is 0.0801. The number of rotatable bonds is 4. The first kappa shape index (κ1) is 16.5. The second-order valence-corrected chi connectivity index (χ2v) is 5.46. The van der Waals surface area contributed by atoms with Gasteiger partial charge in [0.25, 0.3) is 0 Å². The van der Waals surface area contributed by atoms with E-state index < -0.39 is 5.82 Å². The van der Waals surface area contributed by atoms with Crippen LogP contribution in [0.3, 0.4) is 0 Å². The maximum absolute atomic E-state index is 13.7. The lowest BCUT2D eigenvalue weighted by atomic mass is 10.1. The zero-order valence-corrected chi connectivity index (χ0v) is 13.6. The van der Waals surface area contributed by atoms with E-state index in [4.69, 9.17) is 11.5 Å². The van der Waals surface area contributed by atoms with Crippen LogP contribution >= 0.6 is 0 Å². The smallest absolute Gasteiger partial charge is 0.222 e. The number of benzene rings is 1. The fourth-order valence-electron chi connectivity index (χ4n) is 2.40. The van der Waals surface area contributed by atoms with Crippen LogP contribution < -0.4 is 11.5 Å². The van der Waals surface area contributed by atoms with Crippen molar-refractivity contribution < 1.29 is 4.39 Å². The summed E-state index contributed by atoms with van der Waals surface area (Å²) < 4.78 is 13.7. The number of nitrogens with zero attached hydrogens (tertiary/aromatic N) is 4. The van der Waals surface area contributed by atoms with Crippen molar-refractivity contribution in [3.05, 3.63) is 65.7 Å². The van der Waals surface area contributed by atoms with Crippen LogP contribution in [0.25, 0.3) is 11.3 Å². The van der Waals surface area contributed by atoms with Crippen molar-refractivity contribution in [3.63, 3.8) is 0 Å². The highest BCUT2D eigenvalue weighted by Crippen LogP contribution is 2.28. The van der Waals surface area contributed by atoms with Crippen molar-refractivity contribution in [2.75, 3.05) is 5.73 Å². The number of nitrogens with two attached hydrogens (primary N) is 2. The molecule has 0 saturated carbocycles. The minimum Gasteiger partial charge on any atom is -0.387 e. The van der Waals surface area contributed by atoms with Crippen molar-refractivity contribution in [1.82, 2.24) is 15.0 Å². The molecule has 7 heteroatoms. The molecule has 0 aliphatic rings. The molecule has 4 N–H and O–H groups in total. The Morgan fingerprint density at radius 1 is 1.12 bits per heavy atom. The number of aromatic nitrogens is 3. The van der Waals surface area contributed by atoms with Gasteiger partial charge in [-0.25, -0.2) is 14.4 Å². The molecule has 0 saturated heterocycles. The van der Waals surface area contributed by atoms with Gasteiger partial charge in [0.15, 0.2) is 5.82 Å². The fraction of sp³-hybridized carbons (Fsp3) is 0.111. The van der Waals surface area contributed by atoms with Gasteiger partial charge in [0, 0.05) is 17.3 Å². The molecule has 0 radical (unpaired) electrons. The maximum atomic E-state index is 13.7. The van der Waals surface area contributed by atoms with E-state index in [1.54, 1.807) is 0 Å². The first-order chi connectivity index (χ1) is 12.0. The topological polar surface area (TPSA) is 103 Å². The maximum Gasteiger partial charge on any atom is 0.222 e. The Labute approximate surface area is 144 Å². The third-order valence-electron chi connectivity index (χ3n) is 3.62. The summed E-state index contributed by atoms with van der Waals surface area (Å²) in [5, 5.41) is 0. The third-order valence-corrected chi connectivity index (χ3v) is 3.62. The monoisotopic (exact) mass is 336 g/mol. The number of aliphatic imine (C=N–C) groups is 1. The molecule has 0 aliphatic heterocycles. The summed E-state index contributed by atoms with van der Waals surface area (Å²) in [6.45, 7) is 1.84. The molecule has 0 fully saturated rings. The molecule has 0 amide bonds. The zero-order valence-electron chi connectivity index (χ0n) is 13.6. The second kappa shape index (κ2) is 7.04. The third kappa shape index (κ3) is 3.77. The van der Waals surface area contributed by atoms with E-state index >= 15 is 0 Å². The van der Waals surface area contributed by atoms with Crippen LogP contribution in [0.5, 0.6) is 0 Å². The van der Waals surface area contributed by atoms with Crippen LogP contribution in [0.2, 0.25) is 0 Å². The predicted octanol–water partition coefficient (Wildman–Crippen LogP) is 2.80. The van der Waals surface area contributed by atoms with Crippen LogP contribution in [-0.4, -0.2) is 20.8 Å². The number of halogens is 1. The van der Waals surface area contributed by atoms with Gasteiger partial charge in [0.1, 0.15) is 11.7 Å². The van der Waals surface area contributed by atoms with Crippen molar-refractivity contribution in [1.29, 1.82) is 0 Å². The molecule has 3 rings (SSSR count). The highest BCUT2D eigenvalue weighted by Gasteiger charge is 2.12. The Bertz CT molecular complexity index is 924. The average Bonchev–Trinajstić information content (AvgIpc) is 2.60. The summed E-state index contributed by atoms with van der Waals surface area (Å²) in [5.74, 6) is 0.225. The van der Waals surface area contributed by atoms with Crippen LogP contribution in [0.4, 0.5) is 16.2 Å². The summed E-state index contributed by atoms with van der Waals surface area (Å²) in [6, 6.07) is 12.4. The molecule has 2 aromatic heterocycles. The van der Waals surface area contributed by atoms with Gasteiger partial charge in [0.05, 0.1) is 17.8 Å². The normalized spacial score (nSPS) is 11.5. The van der Waals surface area contributed by atoms with E-state index in [0.29, 0.717) is 11.5 Å². The van der Waals surface area contributed by atoms with Crippen molar-refractivity contribution in [2.24, 2.45) is 10.7 Å². The summed E-state index contributed by atoms with van der Waals surface area (Å²) in [4.78, 5) is 16.7. The molecule has 25 heavy (non-hydrogen) atoms. The van der Waals surface area contributed by atoms with E-state index in [1.807, 2.05) is 37.3 Å². The Morgan fingerprint density at radius 2 is 1.88 bits per heavy atom. The summed E-state index contributed by atoms with van der Waals surface area (Å²) in [7, 11) is 0. The first-order valence-electron chi connectivity index (χ1n) is 7.66. The number of amidine groups is 1. The molecule has 0 aliphatic carbocycles. The van der Waals surface area contributed by atoms with Gasteiger partial charge in [0.2, 0.25) is 5.95 Å². The lowest BCUT2D eigenvalue weighted by Gasteiger charge is -2.09. The Kier molecular flexibility index (Phi) is 4.65. The summed E-state index contributed by atoms with van der Waals surface area (Å²) in [5.41, 5.74) is 14.3. The Balaban J connectivity index is 1.97. The van der Waals surface area contributed by atoms with Crippen molar-refractivity contribution in [3.8, 4) is 11.3 Å². The Morgan fingerprint density at radius 3 is 2.60 bits per heavy atom. The molecule has 1 aromatic carbocycles. The molecule has 3 aromatic rings. The van der Waals surface area contributed by atoms with Gasteiger partial charge in [-0.2, -0.15) is 4.98 Å². The standard InChI is InChI=1S/C18H17FN6/c1-11-16(12-6-3-2-4-7-12)24-18(21)25-17(11)23-15(20)10-14-13(19)8-5-9-22-14/h2-9H,10H2,1H3,(H4,20,21,23,24,25). The fourth-order valence-corrected chi connectivity index (χ4v) is 2.40. The van der Waals surface area contributed by atoms with Crippen LogP contribution in [-0.2, 0) is 6.42 Å². The van der Waals surface area contributed by atoms with E-state index in [9.17, 15) is 4.39 Å². The van der Waals surface area contributed by atoms with Gasteiger partial charge in [-0.15, -0.1) is 0 Å². The van der Waals surface area contributed by atoms with Gasteiger partial charge in [-0.05, 0) is 19.1 Å². The average molecular weight is 336 g/mol. The molecule has 0 bridgehead atoms. The minimum atomic E-state index is -0.426. The Hall–Kier alpha value is -3.35.